The van der Waals surface area contributed by atoms with Crippen molar-refractivity contribution < 1.29 is 14.3 Å². The molecule has 3 rings (SSSR count). The summed E-state index contributed by atoms with van der Waals surface area (Å²) in [5.74, 6) is -0.671. The van der Waals surface area contributed by atoms with Crippen LogP contribution in [0.2, 0.25) is 0 Å². The third kappa shape index (κ3) is 2.83. The van der Waals surface area contributed by atoms with Crippen LogP contribution in [-0.2, 0) is 22.5 Å². The van der Waals surface area contributed by atoms with Crippen LogP contribution in [0.3, 0.4) is 0 Å². The van der Waals surface area contributed by atoms with Crippen LogP contribution in [0.15, 0.2) is 35.7 Å². The molecule has 4 nitrogen and oxygen atoms in total. The van der Waals surface area contributed by atoms with Crippen molar-refractivity contribution in [2.75, 3.05) is 0 Å². The Labute approximate surface area is 126 Å². The predicted molar refractivity (Wildman–Crippen MR) is 80.3 cm³/mol. The lowest BCUT2D eigenvalue weighted by atomic mass is 9.98. The number of ether oxygens (including phenoxy) is 1. The fourth-order valence-corrected chi connectivity index (χ4v) is 3.19. The Kier molecular flexibility index (Phi) is 3.75. The predicted octanol–water partition coefficient (Wildman–Crippen LogP) is 2.45. The molecule has 0 fully saturated rings. The van der Waals surface area contributed by atoms with Crippen molar-refractivity contribution in [3.8, 4) is 0 Å². The Hall–Kier alpha value is -2.14. The number of carbonyl (C=O) groups is 2. The first-order chi connectivity index (χ1) is 10.1. The molecule has 1 aromatic carbocycles. The van der Waals surface area contributed by atoms with Gasteiger partial charge in [0.1, 0.15) is 0 Å². The first-order valence-electron chi connectivity index (χ1n) is 6.74. The summed E-state index contributed by atoms with van der Waals surface area (Å²) in [5.41, 5.74) is 2.57. The number of esters is 1. The number of hydrogen-bond acceptors (Lipinski definition) is 4. The highest BCUT2D eigenvalue weighted by Crippen LogP contribution is 2.21. The van der Waals surface area contributed by atoms with Crippen LogP contribution in [0, 0.1) is 6.92 Å². The molecule has 1 amide bonds. The molecule has 108 valence electrons. The highest BCUT2D eigenvalue weighted by atomic mass is 32.1. The van der Waals surface area contributed by atoms with Crippen molar-refractivity contribution in [3.05, 3.63) is 57.3 Å². The first kappa shape index (κ1) is 13.8. The molecule has 0 saturated carbocycles. The lowest BCUT2D eigenvalue weighted by Crippen LogP contribution is -2.41. The minimum absolute atomic E-state index is 0.245. The smallest absolute Gasteiger partial charge is 0.339 e. The number of nitrogens with one attached hydrogen (secondary N) is 1. The zero-order valence-electron chi connectivity index (χ0n) is 11.6. The highest BCUT2D eigenvalue weighted by Gasteiger charge is 2.30. The van der Waals surface area contributed by atoms with E-state index in [1.807, 2.05) is 30.5 Å². The summed E-state index contributed by atoms with van der Waals surface area (Å²) in [6, 6.07) is 9.25. The topological polar surface area (TPSA) is 55.4 Å². The molecular weight excluding hydrogens is 286 g/mol. The van der Waals surface area contributed by atoms with Gasteiger partial charge < -0.3 is 10.1 Å². The molecule has 1 N–H and O–H groups in total. The molecule has 21 heavy (non-hydrogen) atoms. The minimum atomic E-state index is -0.743. The number of carbonyl (C=O) groups excluding carboxylic acids is 2. The normalized spacial score (nSPS) is 17.0. The molecule has 5 heteroatoms. The number of aryl methyl sites for hydroxylation is 1. The van der Waals surface area contributed by atoms with Gasteiger partial charge in [0, 0.05) is 11.3 Å². The second-order valence-electron chi connectivity index (χ2n) is 5.00. The maximum Gasteiger partial charge on any atom is 0.339 e. The van der Waals surface area contributed by atoms with Crippen molar-refractivity contribution in [2.45, 2.75) is 26.0 Å². The maximum absolute atomic E-state index is 12.2. The Balaban J connectivity index is 1.67. The molecule has 0 saturated heterocycles. The third-order valence-corrected chi connectivity index (χ3v) is 4.60. The van der Waals surface area contributed by atoms with E-state index in [9.17, 15) is 9.59 Å². The number of benzene rings is 1. The van der Waals surface area contributed by atoms with E-state index in [0.717, 1.165) is 16.0 Å². The van der Waals surface area contributed by atoms with E-state index >= 15 is 0 Å². The van der Waals surface area contributed by atoms with Gasteiger partial charge in [-0.25, -0.2) is 4.79 Å². The van der Waals surface area contributed by atoms with Crippen molar-refractivity contribution in [1.29, 1.82) is 0 Å². The number of rotatable bonds is 3. The van der Waals surface area contributed by atoms with Crippen LogP contribution in [0.25, 0.3) is 0 Å². The summed E-state index contributed by atoms with van der Waals surface area (Å²) in [6.45, 7) is 2.48. The number of thiophene rings is 1. The second-order valence-corrected chi connectivity index (χ2v) is 6.00. The van der Waals surface area contributed by atoms with E-state index in [4.69, 9.17) is 4.74 Å². The Morgan fingerprint density at radius 2 is 2.19 bits per heavy atom. The van der Waals surface area contributed by atoms with Gasteiger partial charge in [0.25, 0.3) is 5.91 Å². The molecular formula is C16H15NO3S. The third-order valence-electron chi connectivity index (χ3n) is 3.58. The van der Waals surface area contributed by atoms with E-state index in [1.54, 1.807) is 23.5 Å². The highest BCUT2D eigenvalue weighted by molar-refractivity contribution is 7.10. The number of amides is 1. The largest absolute Gasteiger partial charge is 0.448 e. The van der Waals surface area contributed by atoms with E-state index < -0.39 is 12.1 Å². The van der Waals surface area contributed by atoms with Gasteiger partial charge in [-0.05, 0) is 35.6 Å². The first-order valence-corrected chi connectivity index (χ1v) is 7.62. The quantitative estimate of drug-likeness (QED) is 0.886. The SMILES string of the molecule is Cc1ccsc1CNC(=O)C1Cc2ccccc2C(=O)O1. The zero-order chi connectivity index (χ0) is 14.8. The fraction of sp³-hybridized carbons (Fsp3) is 0.250. The van der Waals surface area contributed by atoms with Gasteiger partial charge in [-0.1, -0.05) is 18.2 Å². The standard InChI is InChI=1S/C16H15NO3S/c1-10-6-7-21-14(10)9-17-15(18)13-8-11-4-2-3-5-12(11)16(19)20-13/h2-7,13H,8-9H2,1H3,(H,17,18). The van der Waals surface area contributed by atoms with Crippen LogP contribution < -0.4 is 5.32 Å². The molecule has 1 aliphatic heterocycles. The van der Waals surface area contributed by atoms with Crippen molar-refractivity contribution >= 4 is 23.2 Å². The van der Waals surface area contributed by atoms with E-state index in [2.05, 4.69) is 5.32 Å². The van der Waals surface area contributed by atoms with Crippen LogP contribution in [0.1, 0.15) is 26.4 Å². The van der Waals surface area contributed by atoms with Gasteiger partial charge in [-0.3, -0.25) is 4.79 Å². The van der Waals surface area contributed by atoms with Gasteiger partial charge >= 0.3 is 5.97 Å². The van der Waals surface area contributed by atoms with Crippen LogP contribution >= 0.6 is 11.3 Å². The van der Waals surface area contributed by atoms with Crippen LogP contribution in [-0.4, -0.2) is 18.0 Å². The lowest BCUT2D eigenvalue weighted by Gasteiger charge is -2.23. The molecule has 0 bridgehead atoms. The summed E-state index contributed by atoms with van der Waals surface area (Å²) >= 11 is 1.60. The minimum Gasteiger partial charge on any atom is -0.448 e. The molecule has 1 aromatic heterocycles. The van der Waals surface area contributed by atoms with Gasteiger partial charge in [0.15, 0.2) is 6.10 Å². The summed E-state index contributed by atoms with van der Waals surface area (Å²) in [5, 5.41) is 4.83. The van der Waals surface area contributed by atoms with E-state index in [0.29, 0.717) is 18.5 Å². The molecule has 1 atom stereocenters. The maximum atomic E-state index is 12.2. The second kappa shape index (κ2) is 5.69. The average molecular weight is 301 g/mol. The molecule has 0 spiro atoms. The monoisotopic (exact) mass is 301 g/mol. The Morgan fingerprint density at radius 1 is 1.38 bits per heavy atom. The molecule has 2 aromatic rings. The van der Waals surface area contributed by atoms with Crippen LogP contribution in [0.5, 0.6) is 0 Å². The van der Waals surface area contributed by atoms with Crippen molar-refractivity contribution in [1.82, 2.24) is 5.32 Å². The average Bonchev–Trinajstić information content (AvgIpc) is 2.90. The zero-order valence-corrected chi connectivity index (χ0v) is 12.4. The van der Waals surface area contributed by atoms with E-state index in [-0.39, 0.29) is 5.91 Å². The molecule has 1 unspecified atom stereocenters. The number of fused-ring (bicyclic) bond motifs is 1. The Bertz CT molecular complexity index is 692. The van der Waals surface area contributed by atoms with Gasteiger partial charge in [0.2, 0.25) is 0 Å². The number of hydrogen-bond donors (Lipinski definition) is 1. The molecule has 0 aliphatic carbocycles. The molecule has 1 aliphatic rings. The summed E-state index contributed by atoms with van der Waals surface area (Å²) in [6.07, 6.45) is -0.315. The van der Waals surface area contributed by atoms with Gasteiger partial charge in [-0.2, -0.15) is 0 Å². The van der Waals surface area contributed by atoms with Crippen molar-refractivity contribution in [3.63, 3.8) is 0 Å². The van der Waals surface area contributed by atoms with Crippen molar-refractivity contribution in [2.24, 2.45) is 0 Å². The Morgan fingerprint density at radius 3 is 2.95 bits per heavy atom. The van der Waals surface area contributed by atoms with Gasteiger partial charge in [0.05, 0.1) is 12.1 Å². The fourth-order valence-electron chi connectivity index (χ4n) is 2.34. The number of cyclic esters (lactones) is 1. The lowest BCUT2D eigenvalue weighted by molar-refractivity contribution is -0.130. The molecule has 2 heterocycles. The molecule has 0 radical (unpaired) electrons. The summed E-state index contributed by atoms with van der Waals surface area (Å²) in [7, 11) is 0. The summed E-state index contributed by atoms with van der Waals surface area (Å²) < 4.78 is 5.23. The van der Waals surface area contributed by atoms with E-state index in [1.165, 1.54) is 0 Å². The van der Waals surface area contributed by atoms with Crippen LogP contribution in [0.4, 0.5) is 0 Å². The van der Waals surface area contributed by atoms with Gasteiger partial charge in [-0.15, -0.1) is 11.3 Å². The summed E-state index contributed by atoms with van der Waals surface area (Å²) in [4.78, 5) is 25.2.